The maximum atomic E-state index is 5.42. The maximum Gasteiger partial charge on any atom is 0.231 e. The van der Waals surface area contributed by atoms with Crippen LogP contribution in [0.25, 0.3) is 0 Å². The van der Waals surface area contributed by atoms with E-state index in [0.29, 0.717) is 0 Å². The van der Waals surface area contributed by atoms with Crippen LogP contribution in [-0.2, 0) is 12.8 Å². The molecule has 0 bridgehead atoms. The Morgan fingerprint density at radius 3 is 3.16 bits per heavy atom. The Bertz CT molecular complexity index is 550. The van der Waals surface area contributed by atoms with Crippen molar-refractivity contribution in [2.45, 2.75) is 38.5 Å². The molecule has 2 aromatic rings. The molecule has 1 aromatic heterocycles. The predicted octanol–water partition coefficient (Wildman–Crippen LogP) is 3.16. The Morgan fingerprint density at radius 2 is 2.26 bits per heavy atom. The van der Waals surface area contributed by atoms with Crippen molar-refractivity contribution in [3.63, 3.8) is 0 Å². The number of fused-ring (bicyclic) bond motifs is 1. The lowest BCUT2D eigenvalue weighted by molar-refractivity contribution is 0.349. The number of hydrogen-bond acceptors (Lipinski definition) is 4. The summed E-state index contributed by atoms with van der Waals surface area (Å²) >= 11 is 0. The first-order valence-corrected chi connectivity index (χ1v) is 7.01. The predicted molar refractivity (Wildman–Crippen MR) is 74.3 cm³/mol. The van der Waals surface area contributed by atoms with Crippen molar-refractivity contribution < 1.29 is 4.52 Å². The Balaban J connectivity index is 1.72. The van der Waals surface area contributed by atoms with E-state index in [1.54, 1.807) is 0 Å². The second kappa shape index (κ2) is 5.43. The summed E-state index contributed by atoms with van der Waals surface area (Å²) in [6.07, 6.45) is 4.16. The molecule has 1 aromatic carbocycles. The van der Waals surface area contributed by atoms with E-state index < -0.39 is 0 Å². The third-order valence-corrected chi connectivity index (χ3v) is 3.61. The second-order valence-electron chi connectivity index (χ2n) is 5.09. The van der Waals surface area contributed by atoms with Crippen LogP contribution >= 0.6 is 0 Å². The normalized spacial score (nSPS) is 17.8. The van der Waals surface area contributed by atoms with Crippen LogP contribution in [-0.4, -0.2) is 16.7 Å². The molecule has 0 spiro atoms. The minimum Gasteiger partial charge on any atom is -0.384 e. The fraction of sp³-hybridized carbons (Fsp3) is 0.467. The second-order valence-corrected chi connectivity index (χ2v) is 5.09. The summed E-state index contributed by atoms with van der Waals surface area (Å²) in [6.45, 7) is 3.04. The molecular formula is C15H19N3O. The number of nitrogens with zero attached hydrogens (tertiary/aromatic N) is 2. The number of benzene rings is 1. The summed E-state index contributed by atoms with van der Waals surface area (Å²) in [5.41, 5.74) is 2.55. The molecule has 19 heavy (non-hydrogen) atoms. The van der Waals surface area contributed by atoms with E-state index in [4.69, 9.17) is 4.52 Å². The zero-order chi connectivity index (χ0) is 13.1. The summed E-state index contributed by atoms with van der Waals surface area (Å²) in [5, 5.41) is 7.51. The van der Waals surface area contributed by atoms with E-state index in [1.807, 2.05) is 0 Å². The molecule has 0 saturated heterocycles. The first kappa shape index (κ1) is 12.2. The smallest absolute Gasteiger partial charge is 0.231 e. The maximum absolute atomic E-state index is 5.42. The van der Waals surface area contributed by atoms with E-state index in [2.05, 4.69) is 46.6 Å². The number of rotatable bonds is 4. The zero-order valence-corrected chi connectivity index (χ0v) is 11.2. The summed E-state index contributed by atoms with van der Waals surface area (Å²) in [6, 6.07) is 8.40. The summed E-state index contributed by atoms with van der Waals surface area (Å²) in [7, 11) is 0. The molecule has 0 radical (unpaired) electrons. The summed E-state index contributed by atoms with van der Waals surface area (Å²) in [4.78, 5) is 4.53. The molecule has 1 unspecified atom stereocenters. The largest absolute Gasteiger partial charge is 0.384 e. The van der Waals surface area contributed by atoms with Crippen molar-refractivity contribution in [3.8, 4) is 0 Å². The Labute approximate surface area is 113 Å². The number of para-hydroxylation sites is 1. The van der Waals surface area contributed by atoms with Crippen molar-refractivity contribution in [2.24, 2.45) is 0 Å². The molecule has 4 nitrogen and oxygen atoms in total. The lowest BCUT2D eigenvalue weighted by Gasteiger charge is -2.23. The molecule has 0 aliphatic carbocycles. The van der Waals surface area contributed by atoms with Crippen molar-refractivity contribution in [1.82, 2.24) is 10.1 Å². The molecule has 100 valence electrons. The van der Waals surface area contributed by atoms with Gasteiger partial charge >= 0.3 is 0 Å². The Morgan fingerprint density at radius 1 is 1.37 bits per heavy atom. The highest BCUT2D eigenvalue weighted by Crippen LogP contribution is 2.29. The first-order chi connectivity index (χ1) is 9.36. The van der Waals surface area contributed by atoms with Gasteiger partial charge in [0.1, 0.15) is 0 Å². The Hall–Kier alpha value is -1.84. The molecule has 1 N–H and O–H groups in total. The first-order valence-electron chi connectivity index (χ1n) is 7.01. The quantitative estimate of drug-likeness (QED) is 0.914. The van der Waals surface area contributed by atoms with Crippen LogP contribution in [0.1, 0.15) is 43.0 Å². The number of hydrogen-bond donors (Lipinski definition) is 1. The van der Waals surface area contributed by atoms with Gasteiger partial charge in [-0.25, -0.2) is 0 Å². The van der Waals surface area contributed by atoms with Crippen LogP contribution in [0.5, 0.6) is 0 Å². The molecule has 0 fully saturated rings. The van der Waals surface area contributed by atoms with Gasteiger partial charge in [-0.1, -0.05) is 36.7 Å². The van der Waals surface area contributed by atoms with E-state index in [-0.39, 0.29) is 5.92 Å². The highest BCUT2D eigenvalue weighted by molar-refractivity contribution is 5.53. The molecule has 1 aliphatic heterocycles. The van der Waals surface area contributed by atoms with Crippen LogP contribution in [0.2, 0.25) is 0 Å². The number of anilines is 1. The van der Waals surface area contributed by atoms with Gasteiger partial charge in [0, 0.05) is 18.7 Å². The summed E-state index contributed by atoms with van der Waals surface area (Å²) in [5.74, 6) is 1.90. The minimum atomic E-state index is 0.290. The van der Waals surface area contributed by atoms with E-state index in [0.717, 1.165) is 43.9 Å². The van der Waals surface area contributed by atoms with Crippen molar-refractivity contribution in [3.05, 3.63) is 41.5 Å². The van der Waals surface area contributed by atoms with Crippen LogP contribution in [0.15, 0.2) is 28.8 Å². The number of unbranched alkanes of at least 4 members (excludes halogenated alkanes) is 1. The fourth-order valence-corrected chi connectivity index (χ4v) is 2.49. The average Bonchev–Trinajstić information content (AvgIpc) is 2.93. The van der Waals surface area contributed by atoms with Crippen LogP contribution in [0.3, 0.4) is 0 Å². The van der Waals surface area contributed by atoms with Gasteiger partial charge in [0.2, 0.25) is 5.89 Å². The van der Waals surface area contributed by atoms with Gasteiger partial charge in [0.05, 0.1) is 5.92 Å². The van der Waals surface area contributed by atoms with Crippen LogP contribution < -0.4 is 5.32 Å². The number of aromatic nitrogens is 2. The van der Waals surface area contributed by atoms with Crippen LogP contribution in [0.4, 0.5) is 5.69 Å². The minimum absolute atomic E-state index is 0.290. The SMILES string of the molecule is CCCCc1noc(C2CNc3ccccc3C2)n1. The van der Waals surface area contributed by atoms with E-state index in [9.17, 15) is 0 Å². The Kier molecular flexibility index (Phi) is 3.49. The number of nitrogens with one attached hydrogen (secondary N) is 1. The highest BCUT2D eigenvalue weighted by atomic mass is 16.5. The van der Waals surface area contributed by atoms with Gasteiger partial charge in [0.15, 0.2) is 5.82 Å². The van der Waals surface area contributed by atoms with Crippen molar-refractivity contribution >= 4 is 5.69 Å². The van der Waals surface area contributed by atoms with Gasteiger partial charge in [-0.15, -0.1) is 0 Å². The highest BCUT2D eigenvalue weighted by Gasteiger charge is 2.24. The van der Waals surface area contributed by atoms with Gasteiger partial charge in [-0.05, 0) is 24.5 Å². The third kappa shape index (κ3) is 2.62. The third-order valence-electron chi connectivity index (χ3n) is 3.61. The van der Waals surface area contributed by atoms with E-state index >= 15 is 0 Å². The molecular weight excluding hydrogens is 238 g/mol. The molecule has 1 aliphatic rings. The molecule has 0 amide bonds. The lowest BCUT2D eigenvalue weighted by atomic mass is 9.94. The van der Waals surface area contributed by atoms with E-state index in [1.165, 1.54) is 11.3 Å². The molecule has 1 atom stereocenters. The van der Waals surface area contributed by atoms with Crippen LogP contribution in [0, 0.1) is 0 Å². The molecule has 3 rings (SSSR count). The van der Waals surface area contributed by atoms with Gasteiger partial charge in [0.25, 0.3) is 0 Å². The monoisotopic (exact) mass is 257 g/mol. The zero-order valence-electron chi connectivity index (χ0n) is 11.2. The van der Waals surface area contributed by atoms with Gasteiger partial charge in [-0.2, -0.15) is 4.98 Å². The number of aryl methyl sites for hydroxylation is 1. The lowest BCUT2D eigenvalue weighted by Crippen LogP contribution is -2.21. The topological polar surface area (TPSA) is 51.0 Å². The molecule has 0 saturated carbocycles. The van der Waals surface area contributed by atoms with Gasteiger partial charge < -0.3 is 9.84 Å². The molecule has 4 heteroatoms. The van der Waals surface area contributed by atoms with Crippen molar-refractivity contribution in [2.75, 3.05) is 11.9 Å². The summed E-state index contributed by atoms with van der Waals surface area (Å²) < 4.78 is 5.42. The molecule has 2 heterocycles. The average molecular weight is 257 g/mol. The van der Waals surface area contributed by atoms with Crippen molar-refractivity contribution in [1.29, 1.82) is 0 Å². The standard InChI is InChI=1S/C15H19N3O/c1-2-3-8-14-17-15(19-18-14)12-9-11-6-4-5-7-13(11)16-10-12/h4-7,12,16H,2-3,8-10H2,1H3. The van der Waals surface area contributed by atoms with Gasteiger partial charge in [-0.3, -0.25) is 0 Å². The fourth-order valence-electron chi connectivity index (χ4n) is 2.49.